The van der Waals surface area contributed by atoms with E-state index in [1.165, 1.54) is 17.9 Å². The topological polar surface area (TPSA) is 129 Å². The van der Waals surface area contributed by atoms with Crippen LogP contribution >= 0.6 is 8.19 Å². The molecule has 0 spiro atoms. The van der Waals surface area contributed by atoms with Crippen molar-refractivity contribution in [1.29, 1.82) is 0 Å². The van der Waals surface area contributed by atoms with Gasteiger partial charge in [-0.05, 0) is 17.7 Å². The van der Waals surface area contributed by atoms with Gasteiger partial charge in [-0.2, -0.15) is 0 Å². The van der Waals surface area contributed by atoms with Gasteiger partial charge in [0.1, 0.15) is 0 Å². The maximum Gasteiger partial charge on any atom is 0.250 e. The molecule has 18 heavy (non-hydrogen) atoms. The fraction of sp³-hybridized carbons (Fsp3) is 0. The van der Waals surface area contributed by atoms with Gasteiger partial charge >= 0.3 is 0 Å². The third kappa shape index (κ3) is 3.09. The lowest BCUT2D eigenvalue weighted by Crippen LogP contribution is -2.25. The minimum Gasteiger partial charge on any atom is -0.366 e. The van der Waals surface area contributed by atoms with Gasteiger partial charge in [0, 0.05) is 0 Å². The zero-order valence-corrected chi connectivity index (χ0v) is 10.3. The molecule has 0 aromatic carbocycles. The van der Waals surface area contributed by atoms with Crippen LogP contribution in [0.4, 0.5) is 0 Å². The highest BCUT2D eigenvalue weighted by molar-refractivity contribution is 7.28. The molecule has 1 rings (SSSR count). The molecular formula is C11H12N3O3P. The highest BCUT2D eigenvalue weighted by atomic mass is 31.0. The minimum atomic E-state index is -0.926. The molecule has 1 atom stereocenters. The van der Waals surface area contributed by atoms with E-state index in [4.69, 9.17) is 17.2 Å². The number of rotatable bonds is 3. The number of nitrogens with two attached hydrogens (primary N) is 3. The van der Waals surface area contributed by atoms with Crippen molar-refractivity contribution in [3.05, 3.63) is 46.5 Å². The van der Waals surface area contributed by atoms with Crippen molar-refractivity contribution in [1.82, 2.24) is 0 Å². The Hall–Kier alpha value is -2.33. The second kappa shape index (κ2) is 5.84. The van der Waals surface area contributed by atoms with Gasteiger partial charge in [-0.1, -0.05) is 12.1 Å². The van der Waals surface area contributed by atoms with Gasteiger partial charge < -0.3 is 17.2 Å². The Balaban J connectivity index is 3.87. The summed E-state index contributed by atoms with van der Waals surface area (Å²) in [6.07, 6.45) is 0. The van der Waals surface area contributed by atoms with Crippen LogP contribution in [-0.4, -0.2) is 17.7 Å². The van der Waals surface area contributed by atoms with E-state index in [-0.39, 0.29) is 24.9 Å². The van der Waals surface area contributed by atoms with E-state index in [2.05, 4.69) is 0 Å². The minimum absolute atomic E-state index is 0.0918. The van der Waals surface area contributed by atoms with Crippen molar-refractivity contribution in [2.75, 3.05) is 0 Å². The molecule has 0 fully saturated rings. The lowest BCUT2D eigenvalue weighted by molar-refractivity contribution is 0.0955. The zero-order valence-electron chi connectivity index (χ0n) is 9.34. The normalized spacial score (nSPS) is 9.78. The molecule has 0 bridgehead atoms. The average Bonchev–Trinajstić information content (AvgIpc) is 2.37. The van der Waals surface area contributed by atoms with Crippen molar-refractivity contribution < 1.29 is 14.4 Å². The predicted molar refractivity (Wildman–Crippen MR) is 69.1 cm³/mol. The van der Waals surface area contributed by atoms with Crippen molar-refractivity contribution in [2.45, 2.75) is 0 Å². The van der Waals surface area contributed by atoms with E-state index in [9.17, 15) is 14.4 Å². The summed E-state index contributed by atoms with van der Waals surface area (Å²) in [6, 6.07) is 4.53. The Morgan fingerprint density at radius 3 is 2.00 bits per heavy atom. The Kier molecular flexibility index (Phi) is 4.45. The standard InChI is InChI=1S/C11H12N3O3P/c12-9(15)6-3-1-2-4-18-5-7(10(13)16)8(6)11(14)17/h1-5,18H,(H2,12,15)(H2,13,16)(H2,14,17). The summed E-state index contributed by atoms with van der Waals surface area (Å²) in [6.45, 7) is 0. The van der Waals surface area contributed by atoms with Crippen LogP contribution in [0.1, 0.15) is 31.1 Å². The maximum atomic E-state index is 11.4. The van der Waals surface area contributed by atoms with Crippen LogP contribution in [0.2, 0.25) is 0 Å². The highest BCUT2D eigenvalue weighted by Gasteiger charge is 2.18. The highest BCUT2D eigenvalue weighted by Crippen LogP contribution is 2.14. The summed E-state index contributed by atoms with van der Waals surface area (Å²) in [5, 5.41) is 0. The van der Waals surface area contributed by atoms with E-state index in [1.807, 2.05) is 0 Å². The van der Waals surface area contributed by atoms with Crippen molar-refractivity contribution >= 4 is 25.9 Å². The predicted octanol–water partition coefficient (Wildman–Crippen LogP) is 0.139. The van der Waals surface area contributed by atoms with Crippen molar-refractivity contribution in [3.8, 4) is 0 Å². The zero-order chi connectivity index (χ0) is 13.7. The van der Waals surface area contributed by atoms with Crippen molar-refractivity contribution in [2.24, 2.45) is 17.2 Å². The second-order valence-corrected chi connectivity index (χ2v) is 4.28. The van der Waals surface area contributed by atoms with Crippen LogP contribution in [-0.2, 0) is 0 Å². The lowest BCUT2D eigenvalue weighted by atomic mass is 10.0. The van der Waals surface area contributed by atoms with Gasteiger partial charge in [0.15, 0.2) is 0 Å². The number of carbonyl (C=O) groups excluding carboxylic acids is 3. The van der Waals surface area contributed by atoms with Gasteiger partial charge in [0.25, 0.3) is 0 Å². The lowest BCUT2D eigenvalue weighted by Gasteiger charge is -2.03. The van der Waals surface area contributed by atoms with Crippen LogP contribution in [0.5, 0.6) is 0 Å². The first-order valence-corrected chi connectivity index (χ1v) is 6.04. The van der Waals surface area contributed by atoms with E-state index < -0.39 is 17.7 Å². The molecule has 1 unspecified atom stereocenters. The van der Waals surface area contributed by atoms with Crippen LogP contribution in [0.15, 0.2) is 29.8 Å². The summed E-state index contributed by atoms with van der Waals surface area (Å²) < 4.78 is 0. The molecule has 6 nitrogen and oxygen atoms in total. The molecule has 3 amide bonds. The van der Waals surface area contributed by atoms with Crippen LogP contribution < -0.4 is 17.2 Å². The number of amides is 3. The first-order chi connectivity index (χ1) is 8.45. The van der Waals surface area contributed by atoms with Gasteiger partial charge in [-0.25, -0.2) is 0 Å². The molecule has 1 aromatic rings. The van der Waals surface area contributed by atoms with Gasteiger partial charge in [-0.3, -0.25) is 14.4 Å². The smallest absolute Gasteiger partial charge is 0.250 e. The third-order valence-corrected chi connectivity index (χ3v) is 2.95. The second-order valence-electron chi connectivity index (χ2n) is 3.32. The first kappa shape index (κ1) is 13.7. The van der Waals surface area contributed by atoms with Crippen LogP contribution in [0, 0.1) is 0 Å². The molecule has 0 saturated carbocycles. The molecular weight excluding hydrogens is 253 g/mol. The fourth-order valence-electron chi connectivity index (χ4n) is 1.36. The first-order valence-electron chi connectivity index (χ1n) is 4.88. The summed E-state index contributed by atoms with van der Waals surface area (Å²) in [4.78, 5) is 34.1. The Morgan fingerprint density at radius 2 is 1.50 bits per heavy atom. The molecule has 1 aromatic heterocycles. The molecule has 6 N–H and O–H groups in total. The Bertz CT molecular complexity index is 523. The number of hydrogen-bond donors (Lipinski definition) is 3. The number of primary amides is 3. The van der Waals surface area contributed by atoms with Crippen LogP contribution in [0.25, 0.3) is 0 Å². The van der Waals surface area contributed by atoms with Gasteiger partial charge in [0.2, 0.25) is 17.7 Å². The average molecular weight is 265 g/mol. The molecule has 7 heteroatoms. The Morgan fingerprint density at radius 1 is 0.889 bits per heavy atom. The summed E-state index contributed by atoms with van der Waals surface area (Å²) in [5.41, 5.74) is 15.1. The maximum absolute atomic E-state index is 11.4. The summed E-state index contributed by atoms with van der Waals surface area (Å²) in [7, 11) is 0.132. The van der Waals surface area contributed by atoms with Gasteiger partial charge in [-0.15, -0.1) is 8.19 Å². The fourth-order valence-corrected chi connectivity index (χ4v) is 2.13. The molecule has 0 aliphatic heterocycles. The molecule has 0 radical (unpaired) electrons. The monoisotopic (exact) mass is 265 g/mol. The van der Waals surface area contributed by atoms with Crippen LogP contribution in [0.3, 0.4) is 0 Å². The van der Waals surface area contributed by atoms with E-state index in [0.29, 0.717) is 0 Å². The van der Waals surface area contributed by atoms with E-state index in [0.717, 1.165) is 0 Å². The quantitative estimate of drug-likeness (QED) is 0.718. The molecule has 94 valence electrons. The summed E-state index contributed by atoms with van der Waals surface area (Å²) in [5.74, 6) is 0.589. The van der Waals surface area contributed by atoms with Crippen molar-refractivity contribution in [3.63, 3.8) is 0 Å². The van der Waals surface area contributed by atoms with E-state index in [1.54, 1.807) is 11.9 Å². The third-order valence-electron chi connectivity index (χ3n) is 2.11. The number of carbonyl (C=O) groups is 3. The van der Waals surface area contributed by atoms with Gasteiger partial charge in [0.05, 0.1) is 16.7 Å². The molecule has 0 aliphatic carbocycles. The SMILES string of the molecule is NC(=O)c1cccc[pH]cc(C(N)=O)c1C(N)=O. The molecule has 0 saturated heterocycles. The molecule has 0 aliphatic rings. The largest absolute Gasteiger partial charge is 0.366 e. The van der Waals surface area contributed by atoms with E-state index >= 15 is 0 Å². The number of hydrogen-bond acceptors (Lipinski definition) is 3. The Labute approximate surface area is 105 Å². The molecule has 1 heterocycles. The summed E-state index contributed by atoms with van der Waals surface area (Å²) >= 11 is 0.